The Morgan fingerprint density at radius 3 is 2.60 bits per heavy atom. The zero-order chi connectivity index (χ0) is 21.3. The number of nitrogens with zero attached hydrogens (tertiary/aromatic N) is 5. The molecular weight excluding hydrogens is 404 g/mol. The lowest BCUT2D eigenvalue weighted by molar-refractivity contribution is -0.146. The maximum atomic E-state index is 13.2. The SMILES string of the molecule is O=C(NCc1cccc(F)c1)C1CCN(c2ccc3nnc(C(F)(F)F)n3n2)CC1. The molecule has 1 saturated heterocycles. The molecule has 7 nitrogen and oxygen atoms in total. The lowest BCUT2D eigenvalue weighted by Gasteiger charge is -2.32. The molecule has 0 atom stereocenters. The van der Waals surface area contributed by atoms with Gasteiger partial charge in [-0.05, 0) is 42.7 Å². The van der Waals surface area contributed by atoms with Crippen molar-refractivity contribution in [3.63, 3.8) is 0 Å². The first-order chi connectivity index (χ1) is 14.3. The third-order valence-electron chi connectivity index (χ3n) is 5.05. The Morgan fingerprint density at radius 2 is 1.90 bits per heavy atom. The van der Waals surface area contributed by atoms with E-state index in [-0.39, 0.29) is 29.8 Å². The minimum absolute atomic E-state index is 0.0117. The number of carbonyl (C=O) groups is 1. The van der Waals surface area contributed by atoms with Gasteiger partial charge < -0.3 is 10.2 Å². The Bertz CT molecular complexity index is 1060. The summed E-state index contributed by atoms with van der Waals surface area (Å²) >= 11 is 0. The quantitative estimate of drug-likeness (QED) is 0.655. The fourth-order valence-electron chi connectivity index (χ4n) is 3.48. The lowest BCUT2D eigenvalue weighted by atomic mass is 9.96. The highest BCUT2D eigenvalue weighted by atomic mass is 19.4. The molecule has 1 aliphatic rings. The molecule has 0 unspecified atom stereocenters. The van der Waals surface area contributed by atoms with Gasteiger partial charge in [-0.25, -0.2) is 4.39 Å². The van der Waals surface area contributed by atoms with Crippen molar-refractivity contribution < 1.29 is 22.4 Å². The van der Waals surface area contributed by atoms with Crippen molar-refractivity contribution in [2.75, 3.05) is 18.0 Å². The number of rotatable bonds is 4. The molecule has 0 radical (unpaired) electrons. The topological polar surface area (TPSA) is 75.4 Å². The molecule has 4 rings (SSSR count). The van der Waals surface area contributed by atoms with Crippen LogP contribution in [-0.4, -0.2) is 38.8 Å². The number of hydrogen-bond donors (Lipinski definition) is 1. The number of fused-ring (bicyclic) bond motifs is 1. The second kappa shape index (κ2) is 7.88. The summed E-state index contributed by atoms with van der Waals surface area (Å²) in [4.78, 5) is 14.2. The summed E-state index contributed by atoms with van der Waals surface area (Å²) in [6.07, 6.45) is -3.59. The van der Waals surface area contributed by atoms with Crippen molar-refractivity contribution in [1.29, 1.82) is 0 Å². The van der Waals surface area contributed by atoms with Gasteiger partial charge in [0.2, 0.25) is 5.91 Å². The smallest absolute Gasteiger partial charge is 0.355 e. The molecule has 3 heterocycles. The van der Waals surface area contributed by atoms with Gasteiger partial charge in [-0.15, -0.1) is 15.3 Å². The van der Waals surface area contributed by atoms with Crippen LogP contribution in [0.15, 0.2) is 36.4 Å². The molecule has 1 amide bonds. The zero-order valence-corrected chi connectivity index (χ0v) is 15.7. The Balaban J connectivity index is 1.37. The number of hydrogen-bond acceptors (Lipinski definition) is 5. The van der Waals surface area contributed by atoms with Crippen LogP contribution in [0.25, 0.3) is 5.65 Å². The second-order valence-corrected chi connectivity index (χ2v) is 7.09. The van der Waals surface area contributed by atoms with E-state index in [9.17, 15) is 22.4 Å². The van der Waals surface area contributed by atoms with E-state index in [1.807, 2.05) is 4.90 Å². The lowest BCUT2D eigenvalue weighted by Crippen LogP contribution is -2.40. The Kier molecular flexibility index (Phi) is 5.27. The van der Waals surface area contributed by atoms with Gasteiger partial charge in [0.05, 0.1) is 0 Å². The predicted molar refractivity (Wildman–Crippen MR) is 99.0 cm³/mol. The molecule has 1 fully saturated rings. The van der Waals surface area contributed by atoms with Crippen LogP contribution in [0.4, 0.5) is 23.4 Å². The third kappa shape index (κ3) is 4.19. The van der Waals surface area contributed by atoms with E-state index in [2.05, 4.69) is 20.6 Å². The van der Waals surface area contributed by atoms with Gasteiger partial charge in [-0.3, -0.25) is 4.79 Å². The van der Waals surface area contributed by atoms with Crippen molar-refractivity contribution in [3.05, 3.63) is 53.6 Å². The maximum Gasteiger partial charge on any atom is 0.453 e. The maximum absolute atomic E-state index is 13.2. The van der Waals surface area contributed by atoms with E-state index in [0.717, 1.165) is 0 Å². The van der Waals surface area contributed by atoms with Gasteiger partial charge in [-0.2, -0.15) is 17.7 Å². The van der Waals surface area contributed by atoms with Gasteiger partial charge in [0.25, 0.3) is 5.82 Å². The van der Waals surface area contributed by atoms with Crippen LogP contribution in [-0.2, 0) is 17.5 Å². The van der Waals surface area contributed by atoms with Crippen LogP contribution in [0.5, 0.6) is 0 Å². The molecule has 1 aromatic carbocycles. The standard InChI is InChI=1S/C19H18F4N6O/c20-14-3-1-2-12(10-14)11-24-17(30)13-6-8-28(9-7-13)16-5-4-15-25-26-18(19(21,22)23)29(15)27-16/h1-5,10,13H,6-9,11H2,(H,24,30). The summed E-state index contributed by atoms with van der Waals surface area (Å²) in [6.45, 7) is 1.18. The summed E-state index contributed by atoms with van der Waals surface area (Å²) in [6, 6.07) is 9.04. The first kappa shape index (κ1) is 20.0. The summed E-state index contributed by atoms with van der Waals surface area (Å²) in [5.74, 6) is -1.52. The highest BCUT2D eigenvalue weighted by molar-refractivity contribution is 5.79. The van der Waals surface area contributed by atoms with Crippen LogP contribution >= 0.6 is 0 Å². The van der Waals surface area contributed by atoms with E-state index in [0.29, 0.717) is 41.8 Å². The fourth-order valence-corrected chi connectivity index (χ4v) is 3.48. The molecular formula is C19H18F4N6O. The molecule has 1 aliphatic heterocycles. The molecule has 0 bridgehead atoms. The van der Waals surface area contributed by atoms with E-state index >= 15 is 0 Å². The summed E-state index contributed by atoms with van der Waals surface area (Å²) in [5, 5.41) is 13.5. The number of amides is 1. The van der Waals surface area contributed by atoms with E-state index in [1.165, 1.54) is 18.2 Å². The van der Waals surface area contributed by atoms with E-state index < -0.39 is 12.0 Å². The second-order valence-electron chi connectivity index (χ2n) is 7.09. The van der Waals surface area contributed by atoms with Crippen molar-refractivity contribution in [2.24, 2.45) is 5.92 Å². The van der Waals surface area contributed by atoms with Gasteiger partial charge in [0.15, 0.2) is 5.65 Å². The normalized spacial score (nSPS) is 15.5. The number of benzene rings is 1. The molecule has 0 saturated carbocycles. The number of halogens is 4. The Morgan fingerprint density at radius 1 is 1.13 bits per heavy atom. The number of piperidine rings is 1. The number of aromatic nitrogens is 4. The minimum atomic E-state index is -4.65. The highest BCUT2D eigenvalue weighted by Gasteiger charge is 2.38. The van der Waals surface area contributed by atoms with Crippen LogP contribution in [0.3, 0.4) is 0 Å². The molecule has 0 spiro atoms. The van der Waals surface area contributed by atoms with E-state index in [4.69, 9.17) is 0 Å². The fraction of sp³-hybridized carbons (Fsp3) is 0.368. The van der Waals surface area contributed by atoms with E-state index in [1.54, 1.807) is 18.2 Å². The van der Waals surface area contributed by atoms with Gasteiger partial charge in [-0.1, -0.05) is 12.1 Å². The van der Waals surface area contributed by atoms with Gasteiger partial charge >= 0.3 is 6.18 Å². The average Bonchev–Trinajstić information content (AvgIpc) is 3.16. The Labute approximate surface area is 168 Å². The van der Waals surface area contributed by atoms with Crippen molar-refractivity contribution >= 4 is 17.4 Å². The van der Waals surface area contributed by atoms with Crippen molar-refractivity contribution in [3.8, 4) is 0 Å². The Hall–Kier alpha value is -3.24. The largest absolute Gasteiger partial charge is 0.453 e. The van der Waals surface area contributed by atoms with Gasteiger partial charge in [0, 0.05) is 25.6 Å². The number of nitrogens with one attached hydrogen (secondary N) is 1. The molecule has 11 heteroatoms. The van der Waals surface area contributed by atoms with Crippen molar-refractivity contribution in [1.82, 2.24) is 25.1 Å². The van der Waals surface area contributed by atoms with Gasteiger partial charge in [0.1, 0.15) is 11.6 Å². The first-order valence-electron chi connectivity index (χ1n) is 9.38. The minimum Gasteiger partial charge on any atom is -0.355 e. The monoisotopic (exact) mass is 422 g/mol. The molecule has 0 aliphatic carbocycles. The molecule has 30 heavy (non-hydrogen) atoms. The predicted octanol–water partition coefficient (Wildman–Crippen LogP) is 2.82. The summed E-state index contributed by atoms with van der Waals surface area (Å²) in [5.41, 5.74) is 0.686. The van der Waals surface area contributed by atoms with Crippen LogP contribution < -0.4 is 10.2 Å². The molecule has 1 N–H and O–H groups in total. The summed E-state index contributed by atoms with van der Waals surface area (Å²) in [7, 11) is 0. The van der Waals surface area contributed by atoms with Crippen molar-refractivity contribution in [2.45, 2.75) is 25.6 Å². The van der Waals surface area contributed by atoms with Crippen LogP contribution in [0.2, 0.25) is 0 Å². The van der Waals surface area contributed by atoms with Crippen LogP contribution in [0, 0.1) is 11.7 Å². The third-order valence-corrected chi connectivity index (χ3v) is 5.05. The highest BCUT2D eigenvalue weighted by Crippen LogP contribution is 2.28. The number of alkyl halides is 3. The molecule has 3 aromatic rings. The number of carbonyl (C=O) groups excluding carboxylic acids is 1. The summed E-state index contributed by atoms with van der Waals surface area (Å²) < 4.78 is 53.0. The molecule has 158 valence electrons. The average molecular weight is 422 g/mol. The molecule has 2 aromatic heterocycles. The first-order valence-corrected chi connectivity index (χ1v) is 9.38. The number of anilines is 1. The zero-order valence-electron chi connectivity index (χ0n) is 15.7. The van der Waals surface area contributed by atoms with Crippen LogP contribution in [0.1, 0.15) is 24.2 Å².